The molecule has 5 atom stereocenters. The minimum atomic E-state index is -0.217. The zero-order valence-corrected chi connectivity index (χ0v) is 22.6. The van der Waals surface area contributed by atoms with Crippen molar-refractivity contribution in [3.05, 3.63) is 59.0 Å². The average molecular weight is 515 g/mol. The number of hydrogen-bond acceptors (Lipinski definition) is 8. The van der Waals surface area contributed by atoms with Crippen molar-refractivity contribution in [2.75, 3.05) is 23.7 Å². The molecule has 0 aliphatic heterocycles. The summed E-state index contributed by atoms with van der Waals surface area (Å²) in [6, 6.07) is 10.8. The second-order valence-corrected chi connectivity index (χ2v) is 11.5. The summed E-state index contributed by atoms with van der Waals surface area (Å²) in [4.78, 5) is 21.3. The van der Waals surface area contributed by atoms with E-state index in [0.717, 1.165) is 25.3 Å². The third-order valence-corrected chi connectivity index (χ3v) is 8.80. The molecule has 4 saturated carbocycles. The number of ether oxygens (including phenoxy) is 1. The molecular weight excluding hydrogens is 476 g/mol. The van der Waals surface area contributed by atoms with Gasteiger partial charge >= 0.3 is 5.97 Å². The van der Waals surface area contributed by atoms with E-state index in [0.29, 0.717) is 47.5 Å². The van der Waals surface area contributed by atoms with Gasteiger partial charge in [0, 0.05) is 19.1 Å². The van der Waals surface area contributed by atoms with Gasteiger partial charge in [0.15, 0.2) is 0 Å². The Morgan fingerprint density at radius 2 is 1.97 bits per heavy atom. The fraction of sp³-hybridized carbons (Fsp3) is 0.533. The van der Waals surface area contributed by atoms with Crippen LogP contribution in [0.25, 0.3) is 0 Å². The van der Waals surface area contributed by atoms with Crippen molar-refractivity contribution in [2.24, 2.45) is 23.2 Å². The molecule has 38 heavy (non-hydrogen) atoms. The maximum absolute atomic E-state index is 12.2. The number of rotatable bonds is 10. The number of nitrogens with zero attached hydrogens (tertiary/aromatic N) is 3. The van der Waals surface area contributed by atoms with E-state index in [2.05, 4.69) is 51.0 Å². The van der Waals surface area contributed by atoms with Crippen molar-refractivity contribution in [1.29, 1.82) is 5.26 Å². The summed E-state index contributed by atoms with van der Waals surface area (Å²) in [6.07, 6.45) is 9.32. The van der Waals surface area contributed by atoms with E-state index in [9.17, 15) is 10.1 Å². The third kappa shape index (κ3) is 5.68. The summed E-state index contributed by atoms with van der Waals surface area (Å²) in [7, 11) is 0. The first kappa shape index (κ1) is 26.2. The molecule has 0 saturated heterocycles. The van der Waals surface area contributed by atoms with E-state index < -0.39 is 0 Å². The molecule has 4 fully saturated rings. The molecule has 2 aromatic rings. The minimum Gasteiger partial charge on any atom is -0.431 e. The molecule has 1 unspecified atom stereocenters. The van der Waals surface area contributed by atoms with Gasteiger partial charge in [0.1, 0.15) is 23.2 Å². The van der Waals surface area contributed by atoms with Gasteiger partial charge in [-0.05, 0) is 93.2 Å². The zero-order chi connectivity index (χ0) is 26.7. The summed E-state index contributed by atoms with van der Waals surface area (Å²) in [5.41, 5.74) is 3.07. The SMILES string of the molecule is C/C=C(\C)OC(=O)CN[C@@H]1[C@@H]2CC3C[C@H]1C[C@@](CNc1nc(NCc4ccccc4C)ncc1C#N)(C3)C2. The molecule has 4 aliphatic carbocycles. The molecule has 4 bridgehead atoms. The molecule has 1 aromatic carbocycles. The minimum absolute atomic E-state index is 0.198. The van der Waals surface area contributed by atoms with Crippen molar-refractivity contribution in [2.45, 2.75) is 65.5 Å². The number of aryl methyl sites for hydroxylation is 1. The molecule has 0 radical (unpaired) electrons. The lowest BCUT2D eigenvalue weighted by Gasteiger charge is -2.60. The van der Waals surface area contributed by atoms with Crippen LogP contribution in [0.5, 0.6) is 0 Å². The van der Waals surface area contributed by atoms with Crippen LogP contribution < -0.4 is 16.0 Å². The van der Waals surface area contributed by atoms with Gasteiger partial charge in [0.05, 0.1) is 12.7 Å². The zero-order valence-electron chi connectivity index (χ0n) is 22.6. The molecular formula is C30H38N6O2. The van der Waals surface area contributed by atoms with Gasteiger partial charge in [-0.2, -0.15) is 10.2 Å². The van der Waals surface area contributed by atoms with Gasteiger partial charge in [-0.3, -0.25) is 4.79 Å². The number of aromatic nitrogens is 2. The van der Waals surface area contributed by atoms with Crippen LogP contribution >= 0.6 is 0 Å². The van der Waals surface area contributed by atoms with E-state index >= 15 is 0 Å². The summed E-state index contributed by atoms with van der Waals surface area (Å²) in [6.45, 7) is 7.44. The van der Waals surface area contributed by atoms with Crippen LogP contribution in [0.3, 0.4) is 0 Å². The first-order valence-electron chi connectivity index (χ1n) is 13.7. The van der Waals surface area contributed by atoms with Gasteiger partial charge in [-0.1, -0.05) is 24.3 Å². The summed E-state index contributed by atoms with van der Waals surface area (Å²) in [5.74, 6) is 3.40. The number of nitrogens with one attached hydrogen (secondary N) is 3. The second kappa shape index (κ2) is 11.1. The standard InChI is InChI=1S/C30H38N6O2/c1-4-20(3)38-26(37)17-32-27-23-9-21-10-24(27)13-30(11-21,12-23)18-35-28-25(14-31)16-34-29(36-28)33-15-22-8-6-5-7-19(22)2/h4-8,16,21,23-24,27,32H,9-13,15,17-18H2,1-3H3,(H2,33,34,35,36)/b20-4+/t21?,23-,24+,27-,30-. The largest absolute Gasteiger partial charge is 0.431 e. The van der Waals surface area contributed by atoms with Crippen LogP contribution in [-0.4, -0.2) is 35.1 Å². The van der Waals surface area contributed by atoms with Gasteiger partial charge in [-0.25, -0.2) is 4.98 Å². The lowest BCUT2D eigenvalue weighted by Crippen LogP contribution is -2.60. The molecule has 6 rings (SSSR count). The highest BCUT2D eigenvalue weighted by atomic mass is 16.5. The third-order valence-electron chi connectivity index (χ3n) is 8.80. The van der Waals surface area contributed by atoms with Gasteiger partial charge in [0.25, 0.3) is 0 Å². The summed E-state index contributed by atoms with van der Waals surface area (Å²) >= 11 is 0. The number of nitriles is 1. The number of benzene rings is 1. The lowest BCUT2D eigenvalue weighted by molar-refractivity contribution is -0.139. The predicted octanol–water partition coefficient (Wildman–Crippen LogP) is 4.93. The van der Waals surface area contributed by atoms with Crippen molar-refractivity contribution in [3.8, 4) is 6.07 Å². The van der Waals surface area contributed by atoms with Gasteiger partial charge in [0.2, 0.25) is 5.95 Å². The fourth-order valence-corrected chi connectivity index (χ4v) is 7.16. The lowest BCUT2D eigenvalue weighted by atomic mass is 9.48. The Morgan fingerprint density at radius 3 is 2.68 bits per heavy atom. The highest BCUT2D eigenvalue weighted by Crippen LogP contribution is 2.60. The number of esters is 1. The fourth-order valence-electron chi connectivity index (χ4n) is 7.16. The van der Waals surface area contributed by atoms with Crippen LogP contribution in [0.4, 0.5) is 11.8 Å². The van der Waals surface area contributed by atoms with Crippen molar-refractivity contribution in [1.82, 2.24) is 15.3 Å². The summed E-state index contributed by atoms with van der Waals surface area (Å²) < 4.78 is 5.34. The predicted molar refractivity (Wildman–Crippen MR) is 147 cm³/mol. The van der Waals surface area contributed by atoms with E-state index in [1.54, 1.807) is 19.2 Å². The van der Waals surface area contributed by atoms with E-state index in [-0.39, 0.29) is 17.9 Å². The number of carbonyl (C=O) groups is 1. The molecule has 1 heterocycles. The molecule has 0 spiro atoms. The Morgan fingerprint density at radius 1 is 1.21 bits per heavy atom. The maximum atomic E-state index is 12.2. The smallest absolute Gasteiger partial charge is 0.324 e. The second-order valence-electron chi connectivity index (χ2n) is 11.5. The normalized spacial score (nSPS) is 27.6. The Hall–Kier alpha value is -3.44. The molecule has 0 amide bonds. The van der Waals surface area contributed by atoms with Crippen LogP contribution in [-0.2, 0) is 16.1 Å². The highest BCUT2D eigenvalue weighted by molar-refractivity contribution is 5.72. The molecule has 4 aliphatic rings. The molecule has 8 nitrogen and oxygen atoms in total. The topological polar surface area (TPSA) is 112 Å². The van der Waals surface area contributed by atoms with Crippen LogP contribution in [0.2, 0.25) is 0 Å². The van der Waals surface area contributed by atoms with Crippen molar-refractivity contribution < 1.29 is 9.53 Å². The monoisotopic (exact) mass is 514 g/mol. The van der Waals surface area contributed by atoms with E-state index in [1.807, 2.05) is 19.1 Å². The summed E-state index contributed by atoms with van der Waals surface area (Å²) in [5, 5.41) is 20.1. The molecule has 200 valence electrons. The van der Waals surface area contributed by atoms with E-state index in [1.165, 1.54) is 30.4 Å². The first-order chi connectivity index (χ1) is 18.4. The highest BCUT2D eigenvalue weighted by Gasteiger charge is 2.55. The Bertz CT molecular complexity index is 1240. The van der Waals surface area contributed by atoms with Gasteiger partial charge < -0.3 is 20.7 Å². The van der Waals surface area contributed by atoms with Crippen molar-refractivity contribution >= 4 is 17.7 Å². The number of hydrogen-bond donors (Lipinski definition) is 3. The molecule has 3 N–H and O–H groups in total. The van der Waals surface area contributed by atoms with Crippen LogP contribution in [0.15, 0.2) is 42.3 Å². The van der Waals surface area contributed by atoms with Crippen LogP contribution in [0, 0.1) is 41.4 Å². The average Bonchev–Trinajstić information content (AvgIpc) is 2.90. The first-order valence-corrected chi connectivity index (χ1v) is 13.7. The number of anilines is 2. The number of carbonyl (C=O) groups excluding carboxylic acids is 1. The quantitative estimate of drug-likeness (QED) is 0.302. The van der Waals surface area contributed by atoms with Crippen molar-refractivity contribution in [3.63, 3.8) is 0 Å². The Kier molecular flexibility index (Phi) is 7.66. The molecule has 8 heteroatoms. The molecule has 1 aromatic heterocycles. The Labute approximate surface area is 225 Å². The van der Waals surface area contributed by atoms with E-state index in [4.69, 9.17) is 4.74 Å². The Balaban J connectivity index is 1.21. The van der Waals surface area contributed by atoms with Gasteiger partial charge in [-0.15, -0.1) is 0 Å². The van der Waals surface area contributed by atoms with Crippen LogP contribution in [0.1, 0.15) is 62.6 Å². The number of allylic oxidation sites excluding steroid dienone is 2. The maximum Gasteiger partial charge on any atom is 0.324 e.